The van der Waals surface area contributed by atoms with Crippen molar-refractivity contribution in [3.8, 4) is 0 Å². The van der Waals surface area contributed by atoms with Crippen molar-refractivity contribution in [1.29, 1.82) is 0 Å². The summed E-state index contributed by atoms with van der Waals surface area (Å²) < 4.78 is 0. The van der Waals surface area contributed by atoms with Crippen LogP contribution in [0.15, 0.2) is 79.0 Å². The van der Waals surface area contributed by atoms with Crippen LogP contribution in [0.1, 0.15) is 0 Å². The van der Waals surface area contributed by atoms with Crippen molar-refractivity contribution in [3.05, 3.63) is 59.0 Å². The lowest BCUT2D eigenvalue weighted by Crippen LogP contribution is -2.35. The van der Waals surface area contributed by atoms with Crippen molar-refractivity contribution in [2.45, 2.75) is 0 Å². The monoisotopic (exact) mass is 258 g/mol. The highest BCUT2D eigenvalue weighted by atomic mass is 15.0. The van der Waals surface area contributed by atoms with Gasteiger partial charge in [0.15, 0.2) is 0 Å². The van der Waals surface area contributed by atoms with Crippen LogP contribution in [0, 0.1) is 11.8 Å². The molecule has 0 N–H and O–H groups in total. The summed E-state index contributed by atoms with van der Waals surface area (Å²) in [5.41, 5.74) is 5.11. The summed E-state index contributed by atoms with van der Waals surface area (Å²) in [6.45, 7) is 0. The van der Waals surface area contributed by atoms with Crippen molar-refractivity contribution in [2.24, 2.45) is 31.8 Å². The molecule has 2 atom stereocenters. The summed E-state index contributed by atoms with van der Waals surface area (Å²) in [4.78, 5) is 17.7. The molecule has 4 heterocycles. The van der Waals surface area contributed by atoms with E-state index in [1.807, 2.05) is 24.8 Å². The van der Waals surface area contributed by atoms with Gasteiger partial charge in [-0.25, -0.2) is 20.0 Å². The van der Waals surface area contributed by atoms with Gasteiger partial charge in [0.1, 0.15) is 11.7 Å². The molecule has 4 aliphatic heterocycles. The predicted octanol–water partition coefficient (Wildman–Crippen LogP) is 2.40. The molecule has 0 saturated heterocycles. The van der Waals surface area contributed by atoms with Gasteiger partial charge in [0.05, 0.1) is 11.8 Å². The van der Waals surface area contributed by atoms with Gasteiger partial charge < -0.3 is 0 Å². The number of aliphatic imine (C=N–C) groups is 4. The molecule has 2 unspecified atom stereocenters. The first kappa shape index (κ1) is 10.2. The van der Waals surface area contributed by atoms with E-state index in [9.17, 15) is 0 Å². The molecular weight excluding hydrogens is 248 g/mol. The van der Waals surface area contributed by atoms with E-state index in [0.29, 0.717) is 0 Å². The summed E-state index contributed by atoms with van der Waals surface area (Å²) in [5.74, 6) is 2.09. The minimum atomic E-state index is 0.165. The first-order chi connectivity index (χ1) is 9.93. The van der Waals surface area contributed by atoms with E-state index >= 15 is 0 Å². The molecule has 0 bridgehead atoms. The van der Waals surface area contributed by atoms with Crippen LogP contribution in [-0.4, -0.2) is 24.1 Å². The number of amidine groups is 2. The molecule has 94 valence electrons. The number of dihydropyridines is 2. The Morgan fingerprint density at radius 2 is 1.20 bits per heavy atom. The van der Waals surface area contributed by atoms with Gasteiger partial charge in [-0.3, -0.25) is 0 Å². The van der Waals surface area contributed by atoms with Crippen molar-refractivity contribution in [2.75, 3.05) is 0 Å². The fourth-order valence-electron chi connectivity index (χ4n) is 3.47. The Kier molecular flexibility index (Phi) is 1.77. The zero-order valence-corrected chi connectivity index (χ0v) is 10.6. The molecule has 5 aliphatic rings. The van der Waals surface area contributed by atoms with Crippen LogP contribution in [-0.2, 0) is 0 Å². The maximum absolute atomic E-state index is 4.43. The first-order valence-electron chi connectivity index (χ1n) is 6.65. The lowest BCUT2D eigenvalue weighted by atomic mass is 9.67. The minimum Gasteiger partial charge on any atom is -0.240 e. The Balaban J connectivity index is 1.88. The molecule has 5 rings (SSSR count). The van der Waals surface area contributed by atoms with E-state index in [-0.39, 0.29) is 11.8 Å². The smallest absolute Gasteiger partial charge is 0.140 e. The summed E-state index contributed by atoms with van der Waals surface area (Å²) in [5, 5.41) is 0. The van der Waals surface area contributed by atoms with Crippen LogP contribution in [0.4, 0.5) is 0 Å². The van der Waals surface area contributed by atoms with Crippen LogP contribution in [0.2, 0.25) is 0 Å². The zero-order chi connectivity index (χ0) is 13.1. The second kappa shape index (κ2) is 3.48. The molecule has 0 amide bonds. The molecule has 1 aliphatic carbocycles. The molecule has 4 nitrogen and oxygen atoms in total. The maximum Gasteiger partial charge on any atom is 0.140 e. The fraction of sp³-hybridized carbons (Fsp3) is 0.125. The fourth-order valence-corrected chi connectivity index (χ4v) is 3.47. The molecule has 0 radical (unpaired) electrons. The molecule has 0 aromatic carbocycles. The number of allylic oxidation sites excluding steroid dienone is 4. The van der Waals surface area contributed by atoms with Gasteiger partial charge in [-0.1, -0.05) is 0 Å². The molecule has 0 saturated carbocycles. The van der Waals surface area contributed by atoms with Crippen molar-refractivity contribution in [1.82, 2.24) is 0 Å². The standard InChI is InChI=1S/C16H10N4/c1-5-17-15-13-9(1)10-2-6-19-16-14(10)12(4-8-20-16)11(13)3-7-18-15/h1-8,13-14H. The topological polar surface area (TPSA) is 49.4 Å². The normalized spacial score (nSPS) is 31.2. The van der Waals surface area contributed by atoms with Gasteiger partial charge in [-0.2, -0.15) is 0 Å². The molecule has 0 fully saturated rings. The van der Waals surface area contributed by atoms with Crippen molar-refractivity contribution >= 4 is 24.1 Å². The molecule has 4 heteroatoms. The summed E-state index contributed by atoms with van der Waals surface area (Å²) in [7, 11) is 0. The Hall–Kier alpha value is -2.62. The number of fused-ring (bicyclic) bond motifs is 1. The second-order valence-corrected chi connectivity index (χ2v) is 5.18. The Morgan fingerprint density at radius 1 is 0.700 bits per heavy atom. The number of hydrogen-bond donors (Lipinski definition) is 0. The van der Waals surface area contributed by atoms with Gasteiger partial charge in [-0.05, 0) is 46.6 Å². The maximum atomic E-state index is 4.43. The van der Waals surface area contributed by atoms with Gasteiger partial charge in [0.2, 0.25) is 0 Å². The van der Waals surface area contributed by atoms with E-state index in [2.05, 4.69) is 44.3 Å². The molecular formula is C16H10N4. The third-order valence-corrected chi connectivity index (χ3v) is 4.27. The average Bonchev–Trinajstić information content (AvgIpc) is 2.52. The molecule has 20 heavy (non-hydrogen) atoms. The van der Waals surface area contributed by atoms with Gasteiger partial charge >= 0.3 is 0 Å². The minimum absolute atomic E-state index is 0.165. The van der Waals surface area contributed by atoms with Crippen LogP contribution in [0.5, 0.6) is 0 Å². The quantitative estimate of drug-likeness (QED) is 0.640. The number of rotatable bonds is 0. The van der Waals surface area contributed by atoms with Crippen LogP contribution in [0.25, 0.3) is 0 Å². The Bertz CT molecular complexity index is 741. The van der Waals surface area contributed by atoms with E-state index in [1.54, 1.807) is 0 Å². The van der Waals surface area contributed by atoms with Crippen molar-refractivity contribution < 1.29 is 0 Å². The lowest BCUT2D eigenvalue weighted by molar-refractivity contribution is 0.796. The predicted molar refractivity (Wildman–Crippen MR) is 80.3 cm³/mol. The summed E-state index contributed by atoms with van der Waals surface area (Å²) >= 11 is 0. The highest BCUT2D eigenvalue weighted by Crippen LogP contribution is 2.48. The second-order valence-electron chi connectivity index (χ2n) is 5.18. The zero-order valence-electron chi connectivity index (χ0n) is 10.6. The van der Waals surface area contributed by atoms with Gasteiger partial charge in [-0.15, -0.1) is 0 Å². The van der Waals surface area contributed by atoms with E-state index in [1.165, 1.54) is 22.3 Å². The van der Waals surface area contributed by atoms with Crippen molar-refractivity contribution in [3.63, 3.8) is 0 Å². The SMILES string of the molecule is C1=CC2=C3C=CN=C4N=CC=C(C5=CC=NC(=N1)C52)C43. The van der Waals surface area contributed by atoms with Crippen LogP contribution in [0.3, 0.4) is 0 Å². The van der Waals surface area contributed by atoms with E-state index < -0.39 is 0 Å². The Labute approximate surface area is 115 Å². The molecule has 0 aromatic heterocycles. The number of nitrogens with zero attached hydrogens (tertiary/aromatic N) is 4. The van der Waals surface area contributed by atoms with Gasteiger partial charge in [0.25, 0.3) is 0 Å². The van der Waals surface area contributed by atoms with E-state index in [4.69, 9.17) is 0 Å². The van der Waals surface area contributed by atoms with Crippen LogP contribution < -0.4 is 0 Å². The largest absolute Gasteiger partial charge is 0.240 e. The summed E-state index contributed by atoms with van der Waals surface area (Å²) in [6.07, 6.45) is 15.8. The van der Waals surface area contributed by atoms with E-state index in [0.717, 1.165) is 11.7 Å². The first-order valence-corrected chi connectivity index (χ1v) is 6.65. The van der Waals surface area contributed by atoms with Crippen LogP contribution >= 0.6 is 0 Å². The van der Waals surface area contributed by atoms with Gasteiger partial charge in [0, 0.05) is 24.8 Å². The Morgan fingerprint density at radius 3 is 1.70 bits per heavy atom. The highest BCUT2D eigenvalue weighted by molar-refractivity contribution is 6.09. The lowest BCUT2D eigenvalue weighted by Gasteiger charge is -2.39. The number of hydrogen-bond acceptors (Lipinski definition) is 4. The average molecular weight is 258 g/mol. The highest BCUT2D eigenvalue weighted by Gasteiger charge is 2.42. The molecule has 0 aromatic rings. The summed E-state index contributed by atoms with van der Waals surface area (Å²) in [6, 6.07) is 0. The molecule has 0 spiro atoms. The third kappa shape index (κ3) is 1.12. The third-order valence-electron chi connectivity index (χ3n) is 4.27.